The van der Waals surface area contributed by atoms with Crippen LogP contribution in [-0.4, -0.2) is 35.4 Å². The third kappa shape index (κ3) is 2.80. The lowest BCUT2D eigenvalue weighted by Crippen LogP contribution is -2.33. The van der Waals surface area contributed by atoms with Gasteiger partial charge in [0.2, 0.25) is 11.8 Å². The van der Waals surface area contributed by atoms with E-state index in [0.29, 0.717) is 13.1 Å². The summed E-state index contributed by atoms with van der Waals surface area (Å²) < 4.78 is 0. The monoisotopic (exact) mass is 248 g/mol. The van der Waals surface area contributed by atoms with Gasteiger partial charge in [0.15, 0.2) is 0 Å². The molecule has 1 saturated heterocycles. The van der Waals surface area contributed by atoms with Crippen molar-refractivity contribution in [3.63, 3.8) is 0 Å². The van der Waals surface area contributed by atoms with Gasteiger partial charge in [0.1, 0.15) is 5.75 Å². The molecule has 1 fully saturated rings. The first-order valence-electron chi connectivity index (χ1n) is 5.86. The maximum absolute atomic E-state index is 12.1. The van der Waals surface area contributed by atoms with E-state index in [1.54, 1.807) is 30.1 Å². The zero-order valence-corrected chi connectivity index (χ0v) is 10.2. The summed E-state index contributed by atoms with van der Waals surface area (Å²) in [5.74, 6) is -0.193. The van der Waals surface area contributed by atoms with Gasteiger partial charge < -0.3 is 15.3 Å². The normalized spacial score (nSPS) is 18.5. The molecule has 2 rings (SSSR count). The van der Waals surface area contributed by atoms with Crippen LogP contribution in [0, 0.1) is 5.92 Å². The predicted octanol–water partition coefficient (Wildman–Crippen LogP) is 0.487. The molecule has 0 aliphatic carbocycles. The molecule has 5 nitrogen and oxygen atoms in total. The third-order valence-electron chi connectivity index (χ3n) is 3.03. The molecule has 0 saturated carbocycles. The quantitative estimate of drug-likeness (QED) is 0.817. The molecule has 5 heteroatoms. The van der Waals surface area contributed by atoms with Gasteiger partial charge in [-0.15, -0.1) is 0 Å². The number of hydrogen-bond acceptors (Lipinski definition) is 3. The fourth-order valence-corrected chi connectivity index (χ4v) is 2.10. The fourth-order valence-electron chi connectivity index (χ4n) is 2.10. The van der Waals surface area contributed by atoms with Crippen molar-refractivity contribution in [2.45, 2.75) is 13.0 Å². The molecule has 1 aromatic rings. The van der Waals surface area contributed by atoms with Crippen molar-refractivity contribution in [1.29, 1.82) is 0 Å². The number of rotatable bonds is 3. The highest BCUT2D eigenvalue weighted by molar-refractivity contribution is 5.89. The van der Waals surface area contributed by atoms with Gasteiger partial charge in [-0.1, -0.05) is 12.1 Å². The van der Waals surface area contributed by atoms with Crippen molar-refractivity contribution in [1.82, 2.24) is 10.2 Å². The van der Waals surface area contributed by atoms with Crippen LogP contribution in [0.3, 0.4) is 0 Å². The zero-order valence-electron chi connectivity index (χ0n) is 10.2. The summed E-state index contributed by atoms with van der Waals surface area (Å²) in [7, 11) is 1.70. The van der Waals surface area contributed by atoms with Crippen LogP contribution >= 0.6 is 0 Å². The van der Waals surface area contributed by atoms with Crippen LogP contribution < -0.4 is 5.32 Å². The lowest BCUT2D eigenvalue weighted by molar-refractivity contribution is -0.135. The van der Waals surface area contributed by atoms with Gasteiger partial charge in [0.05, 0.1) is 5.92 Å². The van der Waals surface area contributed by atoms with Crippen LogP contribution in [-0.2, 0) is 16.1 Å². The number of carbonyl (C=O) groups excluding carboxylic acids is 2. The topological polar surface area (TPSA) is 69.6 Å². The van der Waals surface area contributed by atoms with Crippen LogP contribution in [0.2, 0.25) is 0 Å². The van der Waals surface area contributed by atoms with E-state index in [1.807, 2.05) is 6.07 Å². The number of benzene rings is 1. The standard InChI is InChI=1S/C13H16N2O3/c1-15(8-9-3-2-4-11(16)5-9)13(18)10-6-12(17)14-7-10/h2-5,10,16H,6-8H2,1H3,(H,14,17). The highest BCUT2D eigenvalue weighted by Gasteiger charge is 2.29. The third-order valence-corrected chi connectivity index (χ3v) is 3.03. The molecule has 0 radical (unpaired) electrons. The second-order valence-electron chi connectivity index (χ2n) is 4.57. The summed E-state index contributed by atoms with van der Waals surface area (Å²) in [5.41, 5.74) is 0.864. The smallest absolute Gasteiger partial charge is 0.228 e. The molecule has 1 unspecified atom stereocenters. The molecule has 18 heavy (non-hydrogen) atoms. The molecule has 2 N–H and O–H groups in total. The van der Waals surface area contributed by atoms with Crippen LogP contribution in [0.15, 0.2) is 24.3 Å². The Bertz CT molecular complexity index is 473. The minimum Gasteiger partial charge on any atom is -0.508 e. The maximum atomic E-state index is 12.1. The molecule has 1 aromatic carbocycles. The van der Waals surface area contributed by atoms with Gasteiger partial charge in [0, 0.05) is 26.6 Å². The first-order valence-corrected chi connectivity index (χ1v) is 5.86. The predicted molar refractivity (Wildman–Crippen MR) is 65.7 cm³/mol. The summed E-state index contributed by atoms with van der Waals surface area (Å²) in [6.45, 7) is 0.847. The summed E-state index contributed by atoms with van der Waals surface area (Å²) in [6.07, 6.45) is 0.267. The van der Waals surface area contributed by atoms with Crippen molar-refractivity contribution in [3.05, 3.63) is 29.8 Å². The van der Waals surface area contributed by atoms with Crippen LogP contribution in [0.25, 0.3) is 0 Å². The Morgan fingerprint density at radius 3 is 2.94 bits per heavy atom. The van der Waals surface area contributed by atoms with E-state index in [0.717, 1.165) is 5.56 Å². The Morgan fingerprint density at radius 2 is 2.33 bits per heavy atom. The Morgan fingerprint density at radius 1 is 1.56 bits per heavy atom. The van der Waals surface area contributed by atoms with Crippen molar-refractivity contribution >= 4 is 11.8 Å². The number of phenols is 1. The SMILES string of the molecule is CN(Cc1cccc(O)c1)C(=O)C1CNC(=O)C1. The first-order chi connectivity index (χ1) is 8.56. The number of phenolic OH excluding ortho intramolecular Hbond substituents is 1. The lowest BCUT2D eigenvalue weighted by Gasteiger charge is -2.20. The summed E-state index contributed by atoms with van der Waals surface area (Å²) >= 11 is 0. The number of aromatic hydroxyl groups is 1. The van der Waals surface area contributed by atoms with Crippen molar-refractivity contribution in [2.75, 3.05) is 13.6 Å². The second kappa shape index (κ2) is 5.08. The summed E-state index contributed by atoms with van der Waals surface area (Å²) in [5, 5.41) is 12.0. The van der Waals surface area contributed by atoms with Gasteiger partial charge in [0.25, 0.3) is 0 Å². The van der Waals surface area contributed by atoms with Crippen molar-refractivity contribution in [3.8, 4) is 5.75 Å². The Labute approximate surface area is 105 Å². The van der Waals surface area contributed by atoms with Crippen molar-refractivity contribution in [2.24, 2.45) is 5.92 Å². The van der Waals surface area contributed by atoms with E-state index in [4.69, 9.17) is 0 Å². The molecular weight excluding hydrogens is 232 g/mol. The van der Waals surface area contributed by atoms with Gasteiger partial charge in [-0.25, -0.2) is 0 Å². The molecule has 1 heterocycles. The number of amides is 2. The highest BCUT2D eigenvalue weighted by atomic mass is 16.3. The molecule has 1 aliphatic rings. The van der Waals surface area contributed by atoms with E-state index in [1.165, 1.54) is 0 Å². The van der Waals surface area contributed by atoms with Gasteiger partial charge in [-0.05, 0) is 17.7 Å². The average molecular weight is 248 g/mol. The molecule has 0 bridgehead atoms. The number of hydrogen-bond donors (Lipinski definition) is 2. The zero-order chi connectivity index (χ0) is 13.1. The first kappa shape index (κ1) is 12.4. The number of carbonyl (C=O) groups is 2. The fraction of sp³-hybridized carbons (Fsp3) is 0.385. The lowest BCUT2D eigenvalue weighted by atomic mass is 10.1. The van der Waals surface area contributed by atoms with Crippen LogP contribution in [0.4, 0.5) is 0 Å². The number of nitrogens with one attached hydrogen (secondary N) is 1. The highest BCUT2D eigenvalue weighted by Crippen LogP contribution is 2.16. The van der Waals surface area contributed by atoms with Crippen LogP contribution in [0.1, 0.15) is 12.0 Å². The van der Waals surface area contributed by atoms with E-state index in [-0.39, 0.29) is 29.9 Å². The molecule has 96 valence electrons. The molecule has 2 amide bonds. The average Bonchev–Trinajstić information content (AvgIpc) is 2.75. The van der Waals surface area contributed by atoms with E-state index in [2.05, 4.69) is 5.32 Å². The minimum atomic E-state index is -0.264. The Balaban J connectivity index is 1.97. The van der Waals surface area contributed by atoms with E-state index in [9.17, 15) is 14.7 Å². The van der Waals surface area contributed by atoms with E-state index >= 15 is 0 Å². The van der Waals surface area contributed by atoms with Gasteiger partial charge in [-0.3, -0.25) is 9.59 Å². The summed E-state index contributed by atoms with van der Waals surface area (Å²) in [6, 6.07) is 6.80. The van der Waals surface area contributed by atoms with Crippen LogP contribution in [0.5, 0.6) is 5.75 Å². The number of nitrogens with zero attached hydrogens (tertiary/aromatic N) is 1. The molecule has 1 atom stereocenters. The Kier molecular flexibility index (Phi) is 3.50. The van der Waals surface area contributed by atoms with Crippen molar-refractivity contribution < 1.29 is 14.7 Å². The van der Waals surface area contributed by atoms with E-state index < -0.39 is 0 Å². The molecular formula is C13H16N2O3. The second-order valence-corrected chi connectivity index (χ2v) is 4.57. The van der Waals surface area contributed by atoms with Gasteiger partial charge >= 0.3 is 0 Å². The summed E-state index contributed by atoms with van der Waals surface area (Å²) in [4.78, 5) is 24.7. The molecule has 0 aromatic heterocycles. The molecule has 1 aliphatic heterocycles. The maximum Gasteiger partial charge on any atom is 0.228 e. The minimum absolute atomic E-state index is 0.0447. The largest absolute Gasteiger partial charge is 0.508 e. The Hall–Kier alpha value is -2.04. The van der Waals surface area contributed by atoms with Gasteiger partial charge in [-0.2, -0.15) is 0 Å². The molecule has 0 spiro atoms.